The monoisotopic (exact) mass is 1950 g/mol. The Balaban J connectivity index is 0.763. The Morgan fingerprint density at radius 1 is 0.759 bits per heavy atom. The van der Waals surface area contributed by atoms with E-state index in [-0.39, 0.29) is 78.9 Å². The van der Waals surface area contributed by atoms with Gasteiger partial charge in [-0.3, -0.25) is 73.4 Å². The summed E-state index contributed by atoms with van der Waals surface area (Å²) in [6, 6.07) is 3.02. The molecule has 3 aromatic carbocycles. The first-order chi connectivity index (χ1) is 65.1. The van der Waals surface area contributed by atoms with E-state index in [9.17, 15) is 103 Å². The zero-order valence-electron chi connectivity index (χ0n) is 76.2. The standard InChI is InChI=1S/C88H117N21O26S2/c1-8-12-26-85(11-4)76-86(27-30-93-76)50-33-51(87(80(129)134-7)39-44(38-84(131,9-2)10-3)40-92-29-25-49-48-16-13-14-17-52(48)99-66(49)87)60(133-6)37-59(50)109(5)77(86)88(132,78(85)127)79(128)107-108-83(130)135-31-32-136-137-43-58(75(125)126)104-72(121)57(36-64(115)116)103-71(120)56(35-63(113)114)102-69(118)53(18-15-28-94-81(89)90)100-70(119)55(34-62(111)112)98-61(110)24-23-54(74(123)124)101-68(117)45-19-21-46(22-20-45)95-41-47-42-96-67-65(97-47)73(122)106-82(91)105-67/h12-14,16-17,19-22,26,33,37,42,44,53-58,76-78,92-93,95,99,127,131-132H,8-11,15,18,23-25,27-32,34-36,38-41,43H2,1-7H3,(H,98,110)(H,100,119)(H,101,117)(H,102,118)(H,103,120)(H,104,121)(H,107,128)(H,108,130)(H,111,112)(H,113,114)(H,115,116)(H,123,124)(H,125,126)(H4,89,90,94)(H3,91,96,105,106,122)/b26-12-/t44-,53-,54-,55-,56-,57-,58+,76?,77-,78-,85-,86-,87+,88+/m1/s1. The van der Waals surface area contributed by atoms with Gasteiger partial charge < -0.3 is 130 Å². The fraction of sp³-hybridized carbons (Fsp3) is 0.511. The Labute approximate surface area is 791 Å². The molecule has 6 heterocycles. The minimum atomic E-state index is -2.80. The van der Waals surface area contributed by atoms with Gasteiger partial charge in [0.05, 0.1) is 63.6 Å². The predicted octanol–water partition coefficient (Wildman–Crippen LogP) is -0.166. The number of nitrogens with one attached hydrogen (secondary N) is 15. The number of carbonyl (C=O) groups excluding carboxylic acids is 9. The molecule has 27 N–H and O–H groups in total. The molecular weight excluding hydrogens is 1830 g/mol. The van der Waals surface area contributed by atoms with Crippen molar-refractivity contribution in [2.75, 3.05) is 81.5 Å². The van der Waals surface area contributed by atoms with Crippen LogP contribution in [0.2, 0.25) is 0 Å². The molecule has 49 heteroatoms. The van der Waals surface area contributed by atoms with Gasteiger partial charge in [0, 0.05) is 93.6 Å². The molecule has 1 saturated heterocycles. The summed E-state index contributed by atoms with van der Waals surface area (Å²) in [6.07, 6.45) is -1.21. The lowest BCUT2D eigenvalue weighted by molar-refractivity contribution is -0.195. The summed E-state index contributed by atoms with van der Waals surface area (Å²) in [6.45, 7) is 8.30. The zero-order valence-corrected chi connectivity index (χ0v) is 77.9. The summed E-state index contributed by atoms with van der Waals surface area (Å²) in [5, 5.41) is 123. The highest BCUT2D eigenvalue weighted by Crippen LogP contribution is 2.65. The number of guanidine groups is 1. The highest BCUT2D eigenvalue weighted by Gasteiger charge is 2.77. The number of anilines is 3. The topological polar surface area (TPSA) is 739 Å². The van der Waals surface area contributed by atoms with Crippen LogP contribution in [0.1, 0.15) is 156 Å². The van der Waals surface area contributed by atoms with Crippen LogP contribution in [0, 0.1) is 16.7 Å². The van der Waals surface area contributed by atoms with Crippen LogP contribution >= 0.6 is 21.6 Å². The van der Waals surface area contributed by atoms with Gasteiger partial charge >= 0.3 is 41.9 Å². The number of nitrogen functional groups attached to an aromatic ring is 1. The number of rotatable bonds is 46. The van der Waals surface area contributed by atoms with Gasteiger partial charge in [-0.05, 0) is 144 Å². The van der Waals surface area contributed by atoms with Crippen LogP contribution < -0.4 is 90.7 Å². The van der Waals surface area contributed by atoms with Crippen molar-refractivity contribution in [2.24, 2.45) is 17.1 Å². The van der Waals surface area contributed by atoms with Crippen LogP contribution in [0.15, 0.2) is 83.8 Å². The lowest BCUT2D eigenvalue weighted by Gasteiger charge is -2.61. The number of esters is 1. The number of aliphatic carboxylic acids is 5. The second-order valence-electron chi connectivity index (χ2n) is 34.0. The number of likely N-dealkylation sites (N-methyl/N-ethyl adjacent to an activating group) is 1. The molecule has 8 amide bonds. The van der Waals surface area contributed by atoms with Crippen molar-refractivity contribution < 1.29 is 122 Å². The molecule has 0 bridgehead atoms. The molecule has 47 nitrogen and oxygen atoms in total. The first-order valence-corrected chi connectivity index (χ1v) is 46.8. The molecule has 6 aromatic rings. The number of aliphatic hydroxyl groups excluding tert-OH is 1. The number of aromatic nitrogens is 5. The molecule has 1 saturated carbocycles. The van der Waals surface area contributed by atoms with Gasteiger partial charge in [-0.2, -0.15) is 4.98 Å². The molecule has 137 heavy (non-hydrogen) atoms. The molecule has 2 fully saturated rings. The average molecular weight is 1950 g/mol. The molecule has 4 aliphatic rings. The molecular formula is C88H117N21O26S2. The Hall–Kier alpha value is -13.5. The van der Waals surface area contributed by atoms with Crippen LogP contribution in [0.3, 0.4) is 0 Å². The molecule has 3 aromatic heterocycles. The Morgan fingerprint density at radius 3 is 2.01 bits per heavy atom. The third-order valence-electron chi connectivity index (χ3n) is 25.4. The van der Waals surface area contributed by atoms with E-state index in [1.165, 1.54) is 44.7 Å². The number of amides is 8. The molecule has 3 aliphatic heterocycles. The van der Waals surface area contributed by atoms with Crippen molar-refractivity contribution in [3.63, 3.8) is 0 Å². The van der Waals surface area contributed by atoms with Crippen LogP contribution in [-0.4, -0.2) is 286 Å². The quantitative estimate of drug-likeness (QED) is 0.00449. The van der Waals surface area contributed by atoms with Crippen LogP contribution in [0.25, 0.3) is 22.1 Å². The number of benzene rings is 3. The highest BCUT2D eigenvalue weighted by molar-refractivity contribution is 8.76. The Kier molecular flexibility index (Phi) is 35.7. The number of nitrogens with two attached hydrogens (primary N) is 2. The van der Waals surface area contributed by atoms with Crippen LogP contribution in [0.4, 0.5) is 22.1 Å². The number of hydrogen-bond donors (Lipinski definition) is 25. The third kappa shape index (κ3) is 24.1. The number of aromatic amines is 2. The zero-order chi connectivity index (χ0) is 100. The lowest BCUT2D eigenvalue weighted by atomic mass is 9.48. The van der Waals surface area contributed by atoms with Crippen molar-refractivity contribution in [1.29, 1.82) is 5.41 Å². The van der Waals surface area contributed by atoms with Gasteiger partial charge in [-0.1, -0.05) is 79.6 Å². The normalized spacial score (nSPS) is 21.2. The van der Waals surface area contributed by atoms with E-state index >= 15 is 9.59 Å². The van der Waals surface area contributed by atoms with E-state index < -0.39 is 228 Å². The number of methoxy groups -OCH3 is 2. The van der Waals surface area contributed by atoms with E-state index in [0.717, 1.165) is 38.1 Å². The van der Waals surface area contributed by atoms with Crippen molar-refractivity contribution >= 4 is 150 Å². The fourth-order valence-corrected chi connectivity index (χ4v) is 20.8. The molecule has 1 aliphatic carbocycles. The van der Waals surface area contributed by atoms with E-state index in [1.54, 1.807) is 18.0 Å². The van der Waals surface area contributed by atoms with E-state index in [0.29, 0.717) is 85.6 Å². The summed E-state index contributed by atoms with van der Waals surface area (Å²) >= 11 is 0. The number of carboxylic acids is 5. The number of hydrogen-bond acceptors (Lipinski definition) is 32. The van der Waals surface area contributed by atoms with Crippen molar-refractivity contribution in [1.82, 2.24) is 83.6 Å². The largest absolute Gasteiger partial charge is 0.496 e. The van der Waals surface area contributed by atoms with Gasteiger partial charge in [0.1, 0.15) is 60.1 Å². The number of aliphatic hydroxyl groups is 3. The maximum atomic E-state index is 15.7. The minimum absolute atomic E-state index is 0.0216. The summed E-state index contributed by atoms with van der Waals surface area (Å²) in [7, 11) is 6.18. The number of para-hydroxylation sites is 1. The summed E-state index contributed by atoms with van der Waals surface area (Å²) in [5.41, 5.74) is 11.0. The van der Waals surface area contributed by atoms with Gasteiger partial charge in [0.15, 0.2) is 22.7 Å². The number of allylic oxidation sites excluding steroid dienone is 1. The fourth-order valence-electron chi connectivity index (χ4n) is 18.8. The van der Waals surface area contributed by atoms with Gasteiger partial charge in [0.2, 0.25) is 35.5 Å². The first kappa shape index (κ1) is 106. The van der Waals surface area contributed by atoms with Crippen molar-refractivity contribution in [2.45, 2.75) is 207 Å². The van der Waals surface area contributed by atoms with Gasteiger partial charge in [-0.15, -0.1) is 0 Å². The minimum Gasteiger partial charge on any atom is -0.496 e. The van der Waals surface area contributed by atoms with Crippen molar-refractivity contribution in [3.8, 4) is 5.75 Å². The van der Waals surface area contributed by atoms with Gasteiger partial charge in [-0.25, -0.2) is 29.8 Å². The predicted molar refractivity (Wildman–Crippen MR) is 497 cm³/mol. The average Bonchev–Trinajstić information content (AvgIpc) is 1.49. The first-order valence-electron chi connectivity index (χ1n) is 44.3. The summed E-state index contributed by atoms with van der Waals surface area (Å²) < 4.78 is 17.8. The number of ether oxygens (including phenoxy) is 3. The van der Waals surface area contributed by atoms with E-state index in [1.807, 2.05) is 75.5 Å². The molecule has 742 valence electrons. The Morgan fingerprint density at radius 2 is 1.39 bits per heavy atom. The molecule has 10 rings (SSSR count). The number of fused-ring (bicyclic) bond motifs is 5. The molecule has 0 radical (unpaired) electrons. The van der Waals surface area contributed by atoms with E-state index in [4.69, 9.17) is 31.1 Å². The van der Waals surface area contributed by atoms with Gasteiger partial charge in [0.25, 0.3) is 17.4 Å². The second kappa shape index (κ2) is 46.4. The van der Waals surface area contributed by atoms with Crippen LogP contribution in [-0.2, 0) is 90.8 Å². The molecule has 1 unspecified atom stereocenters. The maximum absolute atomic E-state index is 15.7. The van der Waals surface area contributed by atoms with E-state index in [2.05, 4.69) is 83.6 Å². The molecule has 14 atom stereocenters. The number of carbonyl (C=O) groups is 14. The maximum Gasteiger partial charge on any atom is 0.426 e. The highest BCUT2D eigenvalue weighted by atomic mass is 33.1. The number of nitrogens with zero attached hydrogens (tertiary/aromatic N) is 4. The SMILES string of the molecule is CC/C=C\[C@]1(CC)C2NCC[C@@]23c2cc([C@@]4(C(=O)OC)C[C@@H](CC(O)(CC)CC)CNCCc5c4[nH]c4ccccc54)c(OC)cc2N(C)[C@H]3[C@@](O)(C(=O)NNC(=O)OCCSSC[C@H](NC(=O)[C@@H](CC(=O)O)NC(=O)[C@@H](CC(=O)O)NC(=O)[C@@H](CCCNC(=N)N)NC(=O)[C@@H](CC(=O)O)NC(=O)CC[C@@H](NC(=O)c2ccc(NCc3cnc4nc(N)[nH]c(=O)c4n3)cc2)C(=O)O)C(=O)O)[C@@H]1O. The molecule has 1 spiro atoms. The number of carboxylic acid groups (broad SMARTS) is 5. The number of hydrazine groups is 1. The lowest BCUT2D eigenvalue weighted by Crippen LogP contribution is -2.81. The van der Waals surface area contributed by atoms with Crippen molar-refractivity contribution in [3.05, 3.63) is 123 Å². The summed E-state index contributed by atoms with van der Waals surface area (Å²) in [4.78, 5) is 222. The smallest absolute Gasteiger partial charge is 0.426 e. The Bertz CT molecular complexity index is 5610. The number of H-pyrrole nitrogens is 2. The third-order valence-corrected chi connectivity index (χ3v) is 27.8. The van der Waals surface area contributed by atoms with Crippen LogP contribution in [0.5, 0.6) is 5.75 Å². The second-order valence-corrected chi connectivity index (χ2v) is 36.6. The summed E-state index contributed by atoms with van der Waals surface area (Å²) in [5.74, 6) is -19.5.